The summed E-state index contributed by atoms with van der Waals surface area (Å²) >= 11 is 0. The summed E-state index contributed by atoms with van der Waals surface area (Å²) in [5, 5.41) is 12.2. The van der Waals surface area contributed by atoms with Crippen LogP contribution in [0.5, 0.6) is 0 Å². The molecule has 0 fully saturated rings. The Morgan fingerprint density at radius 3 is 2.62 bits per heavy atom. The summed E-state index contributed by atoms with van der Waals surface area (Å²) in [5.41, 5.74) is 0. The maximum absolute atomic E-state index is 11.1. The van der Waals surface area contributed by atoms with E-state index >= 15 is 0 Å². The smallest absolute Gasteiger partial charge is 0.236 e. The highest BCUT2D eigenvalue weighted by atomic mass is 16.3. The minimum absolute atomic E-state index is 0.0611. The molecule has 0 saturated heterocycles. The van der Waals surface area contributed by atoms with E-state index in [1.54, 1.807) is 19.0 Å². The molecule has 0 aromatic rings. The second-order valence-electron chi connectivity index (χ2n) is 3.32. The average Bonchev–Trinajstić information content (AvgIpc) is 2.11. The van der Waals surface area contributed by atoms with Gasteiger partial charge in [0, 0.05) is 14.1 Å². The summed E-state index contributed by atoms with van der Waals surface area (Å²) in [7, 11) is 3.45. The van der Waals surface area contributed by atoms with Crippen molar-refractivity contribution in [3.8, 4) is 0 Å². The molecule has 78 valence electrons. The third-order valence-electron chi connectivity index (χ3n) is 1.90. The van der Waals surface area contributed by atoms with Crippen LogP contribution in [0.25, 0.3) is 0 Å². The van der Waals surface area contributed by atoms with Crippen molar-refractivity contribution in [3.05, 3.63) is 0 Å². The van der Waals surface area contributed by atoms with Crippen LogP contribution in [0.1, 0.15) is 19.8 Å². The van der Waals surface area contributed by atoms with Crippen molar-refractivity contribution in [1.82, 2.24) is 10.2 Å². The molecular formula is C9H20N2O2. The number of hydrogen-bond acceptors (Lipinski definition) is 3. The number of rotatable bonds is 6. The maximum atomic E-state index is 11.1. The molecule has 2 N–H and O–H groups in total. The maximum Gasteiger partial charge on any atom is 0.236 e. The summed E-state index contributed by atoms with van der Waals surface area (Å²) in [4.78, 5) is 12.6. The number of amides is 1. The molecule has 1 unspecified atom stereocenters. The van der Waals surface area contributed by atoms with Gasteiger partial charge in [-0.15, -0.1) is 0 Å². The molecule has 0 bridgehead atoms. The van der Waals surface area contributed by atoms with Crippen molar-refractivity contribution in [3.63, 3.8) is 0 Å². The van der Waals surface area contributed by atoms with Gasteiger partial charge < -0.3 is 15.3 Å². The zero-order valence-electron chi connectivity index (χ0n) is 8.71. The Bertz CT molecular complexity index is 149. The molecule has 0 aromatic heterocycles. The lowest BCUT2D eigenvalue weighted by Crippen LogP contribution is -2.34. The first kappa shape index (κ1) is 12.4. The summed E-state index contributed by atoms with van der Waals surface area (Å²) < 4.78 is 0. The van der Waals surface area contributed by atoms with Crippen LogP contribution < -0.4 is 5.32 Å². The average molecular weight is 188 g/mol. The third kappa shape index (κ3) is 6.54. The Morgan fingerprint density at radius 1 is 1.54 bits per heavy atom. The molecule has 13 heavy (non-hydrogen) atoms. The number of aliphatic hydroxyl groups is 1. The van der Waals surface area contributed by atoms with Crippen LogP contribution in [0.4, 0.5) is 0 Å². The van der Waals surface area contributed by atoms with Crippen LogP contribution in [0.2, 0.25) is 0 Å². The standard InChI is InChI=1S/C9H20N2O2/c1-4-8(12)5-6-10-7-9(13)11(2)3/h8,10,12H,4-7H2,1-3H3. The molecule has 4 nitrogen and oxygen atoms in total. The summed E-state index contributed by atoms with van der Waals surface area (Å²) in [6.45, 7) is 2.98. The Labute approximate surface area is 79.9 Å². The summed E-state index contributed by atoms with van der Waals surface area (Å²) in [6.07, 6.45) is 1.22. The largest absolute Gasteiger partial charge is 0.393 e. The van der Waals surface area contributed by atoms with Gasteiger partial charge in [-0.1, -0.05) is 6.92 Å². The number of likely N-dealkylation sites (N-methyl/N-ethyl adjacent to an activating group) is 1. The molecule has 0 aliphatic rings. The van der Waals surface area contributed by atoms with E-state index in [0.29, 0.717) is 19.5 Å². The van der Waals surface area contributed by atoms with Crippen LogP contribution in [-0.4, -0.2) is 49.2 Å². The van der Waals surface area contributed by atoms with E-state index in [1.165, 1.54) is 0 Å². The second-order valence-corrected chi connectivity index (χ2v) is 3.32. The molecule has 0 aliphatic carbocycles. The van der Waals surface area contributed by atoms with E-state index < -0.39 is 0 Å². The van der Waals surface area contributed by atoms with Gasteiger partial charge in [0.2, 0.25) is 5.91 Å². The van der Waals surface area contributed by atoms with Gasteiger partial charge in [-0.2, -0.15) is 0 Å². The van der Waals surface area contributed by atoms with E-state index in [1.807, 2.05) is 6.92 Å². The zero-order valence-corrected chi connectivity index (χ0v) is 8.71. The fourth-order valence-electron chi connectivity index (χ4n) is 0.826. The number of hydrogen-bond donors (Lipinski definition) is 2. The zero-order chi connectivity index (χ0) is 10.3. The predicted molar refractivity (Wildman–Crippen MR) is 52.5 cm³/mol. The molecule has 0 aromatic carbocycles. The molecule has 0 aliphatic heterocycles. The molecule has 1 atom stereocenters. The van der Waals surface area contributed by atoms with Gasteiger partial charge in [0.25, 0.3) is 0 Å². The molecule has 0 radical (unpaired) electrons. The lowest BCUT2D eigenvalue weighted by atomic mass is 10.2. The molecule has 0 saturated carbocycles. The number of aliphatic hydroxyl groups excluding tert-OH is 1. The molecule has 1 amide bonds. The normalized spacial score (nSPS) is 12.6. The number of nitrogens with zero attached hydrogens (tertiary/aromatic N) is 1. The minimum atomic E-state index is -0.248. The monoisotopic (exact) mass is 188 g/mol. The van der Waals surface area contributed by atoms with E-state index in [9.17, 15) is 9.90 Å². The van der Waals surface area contributed by atoms with Gasteiger partial charge in [-0.05, 0) is 19.4 Å². The van der Waals surface area contributed by atoms with Crippen LogP contribution in [0.3, 0.4) is 0 Å². The lowest BCUT2D eigenvalue weighted by Gasteiger charge is -2.12. The van der Waals surface area contributed by atoms with E-state index in [2.05, 4.69) is 5.32 Å². The first-order chi connectivity index (χ1) is 6.07. The Morgan fingerprint density at radius 2 is 2.15 bits per heavy atom. The van der Waals surface area contributed by atoms with Gasteiger partial charge in [-0.25, -0.2) is 0 Å². The highest BCUT2D eigenvalue weighted by molar-refractivity contribution is 5.77. The SMILES string of the molecule is CCC(O)CCNCC(=O)N(C)C. The molecule has 0 spiro atoms. The molecular weight excluding hydrogens is 168 g/mol. The predicted octanol–water partition coefficient (Wildman–Crippen LogP) is -0.175. The lowest BCUT2D eigenvalue weighted by molar-refractivity contribution is -0.127. The van der Waals surface area contributed by atoms with Crippen molar-refractivity contribution in [1.29, 1.82) is 0 Å². The highest BCUT2D eigenvalue weighted by Crippen LogP contribution is 1.93. The van der Waals surface area contributed by atoms with Crippen molar-refractivity contribution in [2.45, 2.75) is 25.9 Å². The van der Waals surface area contributed by atoms with Crippen LogP contribution in [0, 0.1) is 0 Å². The molecule has 0 rings (SSSR count). The van der Waals surface area contributed by atoms with Crippen molar-refractivity contribution < 1.29 is 9.90 Å². The summed E-state index contributed by atoms with van der Waals surface area (Å²) in [6, 6.07) is 0. The molecule has 4 heteroatoms. The number of carbonyl (C=O) groups is 1. The van der Waals surface area contributed by atoms with E-state index in [0.717, 1.165) is 6.42 Å². The summed E-state index contributed by atoms with van der Waals surface area (Å²) in [5.74, 6) is 0.0611. The topological polar surface area (TPSA) is 52.6 Å². The van der Waals surface area contributed by atoms with Crippen LogP contribution in [-0.2, 0) is 4.79 Å². The van der Waals surface area contributed by atoms with Crippen molar-refractivity contribution in [2.75, 3.05) is 27.2 Å². The highest BCUT2D eigenvalue weighted by Gasteiger charge is 2.03. The Hall–Kier alpha value is -0.610. The number of nitrogens with one attached hydrogen (secondary N) is 1. The van der Waals surface area contributed by atoms with Gasteiger partial charge in [0.1, 0.15) is 0 Å². The first-order valence-electron chi connectivity index (χ1n) is 4.66. The van der Waals surface area contributed by atoms with Crippen molar-refractivity contribution >= 4 is 5.91 Å². The van der Waals surface area contributed by atoms with E-state index in [-0.39, 0.29) is 12.0 Å². The number of carbonyl (C=O) groups excluding carboxylic acids is 1. The molecule has 0 heterocycles. The van der Waals surface area contributed by atoms with Crippen LogP contribution in [0.15, 0.2) is 0 Å². The Kier molecular flexibility index (Phi) is 6.54. The second kappa shape index (κ2) is 6.86. The van der Waals surface area contributed by atoms with Gasteiger partial charge >= 0.3 is 0 Å². The minimum Gasteiger partial charge on any atom is -0.393 e. The fraction of sp³-hybridized carbons (Fsp3) is 0.889. The third-order valence-corrected chi connectivity index (χ3v) is 1.90. The van der Waals surface area contributed by atoms with Gasteiger partial charge in [0.05, 0.1) is 12.6 Å². The van der Waals surface area contributed by atoms with E-state index in [4.69, 9.17) is 0 Å². The Balaban J connectivity index is 3.31. The fourth-order valence-corrected chi connectivity index (χ4v) is 0.826. The van der Waals surface area contributed by atoms with Crippen molar-refractivity contribution in [2.24, 2.45) is 0 Å². The first-order valence-corrected chi connectivity index (χ1v) is 4.66. The van der Waals surface area contributed by atoms with Crippen LogP contribution >= 0.6 is 0 Å². The van der Waals surface area contributed by atoms with Gasteiger partial charge in [0.15, 0.2) is 0 Å². The quantitative estimate of drug-likeness (QED) is 0.569. The van der Waals surface area contributed by atoms with Gasteiger partial charge in [-0.3, -0.25) is 4.79 Å².